The highest BCUT2D eigenvalue weighted by atomic mass is 16.2. The van der Waals surface area contributed by atoms with Gasteiger partial charge in [0.15, 0.2) is 0 Å². The van der Waals surface area contributed by atoms with Gasteiger partial charge in [-0.25, -0.2) is 0 Å². The van der Waals surface area contributed by atoms with Gasteiger partial charge in [-0.3, -0.25) is 14.6 Å². The molecule has 3 rings (SSSR count). The molecular formula is C17H17N3O2. The number of nitrogens with one attached hydrogen (secondary N) is 2. The second kappa shape index (κ2) is 5.97. The standard InChI is InChI=1S/C17H17N3O2/c1-18-16(21)13-6-3-2-5-12(13)15-14(7-4-10-19-15)17(22)20-11-8-9-11/h2-7,10-11H,8-9H2,1H3,(H,18,21)(H,20,22). The van der Waals surface area contributed by atoms with E-state index in [4.69, 9.17) is 0 Å². The summed E-state index contributed by atoms with van der Waals surface area (Å²) in [5.41, 5.74) is 2.18. The van der Waals surface area contributed by atoms with Crippen LogP contribution in [0.4, 0.5) is 0 Å². The fraction of sp³-hybridized carbons (Fsp3) is 0.235. The third kappa shape index (κ3) is 2.83. The Morgan fingerprint density at radius 2 is 1.77 bits per heavy atom. The number of amides is 2. The maximum Gasteiger partial charge on any atom is 0.253 e. The van der Waals surface area contributed by atoms with Gasteiger partial charge in [-0.2, -0.15) is 0 Å². The Morgan fingerprint density at radius 3 is 2.50 bits per heavy atom. The number of nitrogens with zero attached hydrogens (tertiary/aromatic N) is 1. The molecule has 0 saturated heterocycles. The fourth-order valence-corrected chi connectivity index (χ4v) is 2.32. The van der Waals surface area contributed by atoms with Gasteiger partial charge in [0.2, 0.25) is 0 Å². The highest BCUT2D eigenvalue weighted by molar-refractivity contribution is 6.05. The molecule has 0 spiro atoms. The van der Waals surface area contributed by atoms with Gasteiger partial charge in [-0.1, -0.05) is 18.2 Å². The zero-order valence-corrected chi connectivity index (χ0v) is 12.3. The van der Waals surface area contributed by atoms with Crippen LogP contribution in [0.5, 0.6) is 0 Å². The van der Waals surface area contributed by atoms with Crippen molar-refractivity contribution in [1.29, 1.82) is 0 Å². The van der Waals surface area contributed by atoms with Gasteiger partial charge >= 0.3 is 0 Å². The van der Waals surface area contributed by atoms with Crippen LogP contribution < -0.4 is 10.6 Å². The molecule has 2 amide bonds. The van der Waals surface area contributed by atoms with Gasteiger partial charge in [-0.05, 0) is 31.0 Å². The van der Waals surface area contributed by atoms with Crippen molar-refractivity contribution < 1.29 is 9.59 Å². The van der Waals surface area contributed by atoms with Gasteiger partial charge in [0, 0.05) is 30.4 Å². The molecule has 0 aliphatic heterocycles. The lowest BCUT2D eigenvalue weighted by Crippen LogP contribution is -2.26. The Labute approximate surface area is 128 Å². The highest BCUT2D eigenvalue weighted by Crippen LogP contribution is 2.26. The summed E-state index contributed by atoms with van der Waals surface area (Å²) in [5.74, 6) is -0.341. The molecule has 1 aliphatic rings. The van der Waals surface area contributed by atoms with Crippen molar-refractivity contribution in [1.82, 2.24) is 15.6 Å². The number of benzene rings is 1. The van der Waals surface area contributed by atoms with Crippen LogP contribution in [0.2, 0.25) is 0 Å². The van der Waals surface area contributed by atoms with Crippen molar-refractivity contribution in [2.45, 2.75) is 18.9 Å². The van der Waals surface area contributed by atoms with Crippen molar-refractivity contribution in [3.8, 4) is 11.3 Å². The van der Waals surface area contributed by atoms with Crippen LogP contribution in [0.1, 0.15) is 33.6 Å². The lowest BCUT2D eigenvalue weighted by atomic mass is 9.99. The average Bonchev–Trinajstić information content (AvgIpc) is 3.38. The topological polar surface area (TPSA) is 71.1 Å². The fourth-order valence-electron chi connectivity index (χ4n) is 2.32. The van der Waals surface area contributed by atoms with E-state index in [0.717, 1.165) is 12.8 Å². The lowest BCUT2D eigenvalue weighted by Gasteiger charge is -2.12. The Bertz CT molecular complexity index is 723. The first-order chi connectivity index (χ1) is 10.7. The molecule has 1 fully saturated rings. The highest BCUT2D eigenvalue weighted by Gasteiger charge is 2.26. The molecule has 0 unspecified atom stereocenters. The minimum absolute atomic E-state index is 0.141. The predicted molar refractivity (Wildman–Crippen MR) is 83.6 cm³/mol. The maximum absolute atomic E-state index is 12.4. The molecule has 1 aliphatic carbocycles. The number of rotatable bonds is 4. The SMILES string of the molecule is CNC(=O)c1ccccc1-c1ncccc1C(=O)NC1CC1. The minimum Gasteiger partial charge on any atom is -0.355 e. The Morgan fingerprint density at radius 1 is 1.05 bits per heavy atom. The van der Waals surface area contributed by atoms with E-state index in [9.17, 15) is 9.59 Å². The molecule has 1 heterocycles. The summed E-state index contributed by atoms with van der Waals surface area (Å²) in [5, 5.41) is 5.58. The smallest absolute Gasteiger partial charge is 0.253 e. The molecule has 2 aromatic rings. The van der Waals surface area contributed by atoms with E-state index in [1.807, 2.05) is 6.07 Å². The van der Waals surface area contributed by atoms with Gasteiger partial charge in [0.05, 0.1) is 11.3 Å². The van der Waals surface area contributed by atoms with Gasteiger partial charge in [-0.15, -0.1) is 0 Å². The number of hydrogen-bond acceptors (Lipinski definition) is 3. The molecule has 0 bridgehead atoms. The number of carbonyl (C=O) groups is 2. The van der Waals surface area contributed by atoms with Crippen molar-refractivity contribution in [3.05, 3.63) is 53.7 Å². The normalized spacial score (nSPS) is 13.5. The molecule has 5 nitrogen and oxygen atoms in total. The number of pyridine rings is 1. The molecule has 0 atom stereocenters. The van der Waals surface area contributed by atoms with Crippen LogP contribution in [0, 0.1) is 0 Å². The molecule has 1 aromatic carbocycles. The summed E-state index contributed by atoms with van der Waals surface area (Å²) in [6.45, 7) is 0. The Balaban J connectivity index is 2.05. The monoisotopic (exact) mass is 295 g/mol. The third-order valence-corrected chi connectivity index (χ3v) is 3.62. The molecule has 112 valence electrons. The van der Waals surface area contributed by atoms with Crippen LogP contribution in [0.25, 0.3) is 11.3 Å². The van der Waals surface area contributed by atoms with Gasteiger partial charge in [0.25, 0.3) is 11.8 Å². The second-order valence-corrected chi connectivity index (χ2v) is 5.27. The minimum atomic E-state index is -0.199. The predicted octanol–water partition coefficient (Wildman–Crippen LogP) is 2.00. The van der Waals surface area contributed by atoms with E-state index in [-0.39, 0.29) is 17.9 Å². The molecule has 1 aromatic heterocycles. The summed E-state index contributed by atoms with van der Waals surface area (Å²) in [4.78, 5) is 28.8. The van der Waals surface area contributed by atoms with Gasteiger partial charge in [0.1, 0.15) is 0 Å². The molecule has 1 saturated carbocycles. The first kappa shape index (κ1) is 14.3. The van der Waals surface area contributed by atoms with Crippen LogP contribution in [0.3, 0.4) is 0 Å². The summed E-state index contributed by atoms with van der Waals surface area (Å²) in [7, 11) is 1.58. The quantitative estimate of drug-likeness (QED) is 0.906. The van der Waals surface area contributed by atoms with Gasteiger partial charge < -0.3 is 10.6 Å². The lowest BCUT2D eigenvalue weighted by molar-refractivity contribution is 0.0945. The number of carbonyl (C=O) groups excluding carboxylic acids is 2. The van der Waals surface area contributed by atoms with Crippen molar-refractivity contribution >= 4 is 11.8 Å². The van der Waals surface area contributed by atoms with Crippen molar-refractivity contribution in [2.24, 2.45) is 0 Å². The number of hydrogen-bond donors (Lipinski definition) is 2. The molecule has 2 N–H and O–H groups in total. The van der Waals surface area contributed by atoms with E-state index in [1.54, 1.807) is 43.6 Å². The number of aromatic nitrogens is 1. The van der Waals surface area contributed by atoms with Crippen molar-refractivity contribution in [2.75, 3.05) is 7.05 Å². The summed E-state index contributed by atoms with van der Waals surface area (Å²) >= 11 is 0. The van der Waals surface area contributed by atoms with Crippen LogP contribution in [-0.2, 0) is 0 Å². The van der Waals surface area contributed by atoms with E-state index < -0.39 is 0 Å². The van der Waals surface area contributed by atoms with Crippen LogP contribution in [-0.4, -0.2) is 29.9 Å². The van der Waals surface area contributed by atoms with Crippen LogP contribution >= 0.6 is 0 Å². The van der Waals surface area contributed by atoms with E-state index >= 15 is 0 Å². The largest absolute Gasteiger partial charge is 0.355 e. The molecular weight excluding hydrogens is 278 g/mol. The second-order valence-electron chi connectivity index (χ2n) is 5.27. The maximum atomic E-state index is 12.4. The zero-order valence-electron chi connectivity index (χ0n) is 12.3. The Hall–Kier alpha value is -2.69. The van der Waals surface area contributed by atoms with Crippen molar-refractivity contribution in [3.63, 3.8) is 0 Å². The molecule has 22 heavy (non-hydrogen) atoms. The summed E-state index contributed by atoms with van der Waals surface area (Å²) < 4.78 is 0. The van der Waals surface area contributed by atoms with E-state index in [2.05, 4.69) is 15.6 Å². The summed E-state index contributed by atoms with van der Waals surface area (Å²) in [6, 6.07) is 10.9. The average molecular weight is 295 g/mol. The first-order valence-electron chi connectivity index (χ1n) is 7.28. The first-order valence-corrected chi connectivity index (χ1v) is 7.28. The van der Waals surface area contributed by atoms with Crippen LogP contribution in [0.15, 0.2) is 42.6 Å². The zero-order chi connectivity index (χ0) is 15.5. The molecule has 0 radical (unpaired) electrons. The summed E-state index contributed by atoms with van der Waals surface area (Å²) in [6.07, 6.45) is 3.68. The van der Waals surface area contributed by atoms with E-state index in [0.29, 0.717) is 22.4 Å². The third-order valence-electron chi connectivity index (χ3n) is 3.62. The van der Waals surface area contributed by atoms with E-state index in [1.165, 1.54) is 0 Å². The molecule has 5 heteroatoms. The Kier molecular flexibility index (Phi) is 3.87.